The van der Waals surface area contributed by atoms with E-state index in [-0.39, 0.29) is 46.8 Å². The van der Waals surface area contributed by atoms with Gasteiger partial charge in [0.05, 0.1) is 29.8 Å². The number of aliphatic imine (C=N–C) groups is 1. The highest BCUT2D eigenvalue weighted by Crippen LogP contribution is 2.29. The van der Waals surface area contributed by atoms with Crippen molar-refractivity contribution in [3.63, 3.8) is 0 Å². The van der Waals surface area contributed by atoms with Crippen LogP contribution in [0.4, 0.5) is 11.4 Å². The summed E-state index contributed by atoms with van der Waals surface area (Å²) in [6.45, 7) is 0.333. The van der Waals surface area contributed by atoms with Gasteiger partial charge in [-0.2, -0.15) is 4.98 Å². The number of hydrogen-bond donors (Lipinski definition) is 6. The predicted molar refractivity (Wildman–Crippen MR) is 164 cm³/mol. The van der Waals surface area contributed by atoms with Crippen molar-refractivity contribution in [1.82, 2.24) is 15.5 Å². The summed E-state index contributed by atoms with van der Waals surface area (Å²) in [7, 11) is -2.60. The van der Waals surface area contributed by atoms with Crippen molar-refractivity contribution in [3.8, 4) is 17.2 Å². The molecule has 8 N–H and O–H groups in total. The molecule has 4 rings (SSSR count). The van der Waals surface area contributed by atoms with Gasteiger partial charge in [-0.1, -0.05) is 23.4 Å². The lowest BCUT2D eigenvalue weighted by atomic mass is 10.1. The number of benzene rings is 2. The molecule has 4 aromatic rings. The number of ether oxygens (including phenoxy) is 1. The number of aliphatic carboxylic acids is 1. The molecule has 2 heterocycles. The van der Waals surface area contributed by atoms with Crippen LogP contribution in [-0.4, -0.2) is 61.2 Å². The fourth-order valence-corrected chi connectivity index (χ4v) is 5.90. The summed E-state index contributed by atoms with van der Waals surface area (Å²) in [6, 6.07) is 13.4. The first-order valence-electron chi connectivity index (χ1n) is 13.1. The molecule has 1 atom stereocenters. The Morgan fingerprint density at radius 3 is 2.70 bits per heavy atom. The normalized spacial score (nSPS) is 11.8. The van der Waals surface area contributed by atoms with E-state index >= 15 is 0 Å². The van der Waals surface area contributed by atoms with Gasteiger partial charge < -0.3 is 36.5 Å². The number of guanidine groups is 1. The molecule has 17 heteroatoms. The smallest absolute Gasteiger partial charge is 0.326 e. The number of hydrogen-bond acceptors (Lipinski definition) is 11. The van der Waals surface area contributed by atoms with Crippen molar-refractivity contribution in [1.29, 1.82) is 0 Å². The number of carbonyl (C=O) groups excluding carboxylic acids is 1. The molecule has 44 heavy (non-hydrogen) atoms. The van der Waals surface area contributed by atoms with Crippen LogP contribution in [0.3, 0.4) is 0 Å². The Kier molecular flexibility index (Phi) is 10.4. The monoisotopic (exact) mass is 642 g/mol. The molecule has 0 aliphatic rings. The van der Waals surface area contributed by atoms with Crippen molar-refractivity contribution in [3.05, 3.63) is 70.7 Å². The SMILES string of the molecule is COc1ccccc1-c1nc(CNc2cccc(S(=O)(=O)Nc3ccsc3C(=O)NC(CCCN=C(N)N)C(=O)O)c2)no1. The minimum absolute atomic E-state index is 0.00119. The summed E-state index contributed by atoms with van der Waals surface area (Å²) in [5, 5.41) is 20.5. The number of anilines is 2. The van der Waals surface area contributed by atoms with Crippen LogP contribution in [-0.2, 0) is 21.4 Å². The molecule has 0 saturated carbocycles. The van der Waals surface area contributed by atoms with Crippen LogP contribution >= 0.6 is 11.3 Å². The molecule has 0 aliphatic heterocycles. The molecule has 0 radical (unpaired) electrons. The van der Waals surface area contributed by atoms with Crippen molar-refractivity contribution < 1.29 is 32.4 Å². The maximum absolute atomic E-state index is 13.2. The van der Waals surface area contributed by atoms with E-state index in [2.05, 4.69) is 30.5 Å². The van der Waals surface area contributed by atoms with Gasteiger partial charge in [-0.3, -0.25) is 14.5 Å². The standard InChI is InChI=1S/C27H30N8O7S2/c1-41-21-10-3-2-8-18(21)25-33-22(34-42-25)15-31-16-6-4-7-17(14-16)44(39,40)35-19-11-13-43-23(19)24(36)32-20(26(37)38)9-5-12-30-27(28)29/h2-4,6-8,10-11,13-14,20,31,35H,5,9,12,15H2,1H3,(H,32,36)(H,37,38)(H4,28,29,30). The summed E-state index contributed by atoms with van der Waals surface area (Å²) < 4.78 is 39.6. The van der Waals surface area contributed by atoms with E-state index in [0.29, 0.717) is 29.2 Å². The van der Waals surface area contributed by atoms with Crippen molar-refractivity contribution >= 4 is 50.6 Å². The number of carboxylic acid groups (broad SMARTS) is 1. The topological polar surface area (TPSA) is 237 Å². The Bertz CT molecular complexity index is 1750. The highest BCUT2D eigenvalue weighted by molar-refractivity contribution is 7.92. The molecule has 1 amide bonds. The number of carbonyl (C=O) groups is 2. The minimum atomic E-state index is -4.14. The lowest BCUT2D eigenvalue weighted by molar-refractivity contribution is -0.139. The molecule has 0 fully saturated rings. The molecular formula is C27H30N8O7S2. The first-order valence-corrected chi connectivity index (χ1v) is 15.4. The van der Waals surface area contributed by atoms with Crippen LogP contribution in [0, 0.1) is 0 Å². The number of sulfonamides is 1. The van der Waals surface area contributed by atoms with Gasteiger partial charge in [0.15, 0.2) is 11.8 Å². The maximum atomic E-state index is 13.2. The van der Waals surface area contributed by atoms with E-state index in [0.717, 1.165) is 11.3 Å². The summed E-state index contributed by atoms with van der Waals surface area (Å²) in [6.07, 6.45) is 0.370. The van der Waals surface area contributed by atoms with E-state index in [1.54, 1.807) is 24.3 Å². The predicted octanol–water partition coefficient (Wildman–Crippen LogP) is 2.46. The Morgan fingerprint density at radius 2 is 1.95 bits per heavy atom. The maximum Gasteiger partial charge on any atom is 0.326 e. The van der Waals surface area contributed by atoms with Gasteiger partial charge >= 0.3 is 5.97 Å². The zero-order chi connectivity index (χ0) is 31.7. The Hall–Kier alpha value is -5.16. The van der Waals surface area contributed by atoms with Gasteiger partial charge in [-0.05, 0) is 54.6 Å². The van der Waals surface area contributed by atoms with Gasteiger partial charge in [0, 0.05) is 12.2 Å². The third kappa shape index (κ3) is 8.23. The first kappa shape index (κ1) is 31.8. The number of carboxylic acids is 1. The summed E-state index contributed by atoms with van der Waals surface area (Å²) in [5.74, 6) is -0.923. The van der Waals surface area contributed by atoms with Crippen LogP contribution in [0.25, 0.3) is 11.5 Å². The molecule has 0 saturated heterocycles. The van der Waals surface area contributed by atoms with E-state index in [4.69, 9.17) is 20.7 Å². The van der Waals surface area contributed by atoms with Crippen LogP contribution in [0.2, 0.25) is 0 Å². The number of nitrogens with two attached hydrogens (primary N) is 2. The number of rotatable bonds is 15. The molecular weight excluding hydrogens is 612 g/mol. The zero-order valence-corrected chi connectivity index (χ0v) is 25.0. The molecule has 0 spiro atoms. The number of aromatic nitrogens is 2. The molecule has 1 unspecified atom stereocenters. The first-order chi connectivity index (χ1) is 21.1. The quantitative estimate of drug-likeness (QED) is 0.0623. The van der Waals surface area contributed by atoms with Gasteiger partial charge in [-0.15, -0.1) is 11.3 Å². The fraction of sp³-hybridized carbons (Fsp3) is 0.222. The number of methoxy groups -OCH3 is 1. The highest BCUT2D eigenvalue weighted by Gasteiger charge is 2.25. The van der Waals surface area contributed by atoms with Crippen molar-refractivity contribution in [2.45, 2.75) is 30.3 Å². The van der Waals surface area contributed by atoms with Gasteiger partial charge in [-0.25, -0.2) is 13.2 Å². The molecule has 232 valence electrons. The summed E-state index contributed by atoms with van der Waals surface area (Å²) >= 11 is 0.961. The largest absolute Gasteiger partial charge is 0.496 e. The molecule has 2 aromatic heterocycles. The second-order valence-corrected chi connectivity index (χ2v) is 11.8. The van der Waals surface area contributed by atoms with Gasteiger partial charge in [0.2, 0.25) is 0 Å². The van der Waals surface area contributed by atoms with E-state index in [9.17, 15) is 23.1 Å². The number of thiophene rings is 1. The van der Waals surface area contributed by atoms with E-state index < -0.39 is 27.9 Å². The van der Waals surface area contributed by atoms with E-state index in [1.165, 1.54) is 30.7 Å². The Balaban J connectivity index is 1.40. The van der Waals surface area contributed by atoms with Crippen LogP contribution in [0.15, 0.2) is 74.4 Å². The zero-order valence-electron chi connectivity index (χ0n) is 23.4. The molecule has 0 aliphatic carbocycles. The molecule has 0 bridgehead atoms. The molecule has 15 nitrogen and oxygen atoms in total. The van der Waals surface area contributed by atoms with Crippen molar-refractivity contribution in [2.75, 3.05) is 23.7 Å². The summed E-state index contributed by atoms with van der Waals surface area (Å²) in [5.41, 5.74) is 11.6. The Morgan fingerprint density at radius 1 is 1.16 bits per heavy atom. The number of amides is 1. The third-order valence-corrected chi connectivity index (χ3v) is 8.34. The summed E-state index contributed by atoms with van der Waals surface area (Å²) in [4.78, 5) is 32.7. The number of para-hydroxylation sites is 1. The second kappa shape index (κ2) is 14.3. The fourth-order valence-electron chi connectivity index (χ4n) is 3.96. The number of nitrogens with one attached hydrogen (secondary N) is 3. The van der Waals surface area contributed by atoms with Gasteiger partial charge in [0.25, 0.3) is 21.8 Å². The number of nitrogens with zero attached hydrogens (tertiary/aromatic N) is 3. The van der Waals surface area contributed by atoms with Crippen LogP contribution < -0.4 is 31.6 Å². The highest BCUT2D eigenvalue weighted by atomic mass is 32.2. The van der Waals surface area contributed by atoms with E-state index in [1.807, 2.05) is 12.1 Å². The van der Waals surface area contributed by atoms with Gasteiger partial charge in [0.1, 0.15) is 16.7 Å². The lowest BCUT2D eigenvalue weighted by Crippen LogP contribution is -2.40. The van der Waals surface area contributed by atoms with Crippen LogP contribution in [0.1, 0.15) is 28.3 Å². The lowest BCUT2D eigenvalue weighted by Gasteiger charge is -2.15. The average molecular weight is 643 g/mol. The third-order valence-electron chi connectivity index (χ3n) is 6.06. The molecule has 2 aromatic carbocycles. The van der Waals surface area contributed by atoms with Crippen molar-refractivity contribution in [2.24, 2.45) is 16.5 Å². The second-order valence-electron chi connectivity index (χ2n) is 9.18. The average Bonchev–Trinajstić information content (AvgIpc) is 3.67. The Labute approximate surface area is 256 Å². The minimum Gasteiger partial charge on any atom is -0.496 e. The van der Waals surface area contributed by atoms with Crippen LogP contribution in [0.5, 0.6) is 5.75 Å².